The van der Waals surface area contributed by atoms with Crippen molar-refractivity contribution in [3.63, 3.8) is 0 Å². The number of nitrogens with zero attached hydrogens (tertiary/aromatic N) is 2. The number of aromatic carboxylic acids is 1. The fourth-order valence-electron chi connectivity index (χ4n) is 1.48. The van der Waals surface area contributed by atoms with E-state index in [9.17, 15) is 9.59 Å². The quantitative estimate of drug-likeness (QED) is 0.749. The van der Waals surface area contributed by atoms with Gasteiger partial charge in [0.1, 0.15) is 12.1 Å². The van der Waals surface area contributed by atoms with Crippen LogP contribution in [0.3, 0.4) is 0 Å². The van der Waals surface area contributed by atoms with E-state index in [4.69, 9.17) is 5.11 Å². The van der Waals surface area contributed by atoms with E-state index < -0.39 is 5.97 Å². The highest BCUT2D eigenvalue weighted by Gasteiger charge is 2.15. The minimum atomic E-state index is -1.09. The summed E-state index contributed by atoms with van der Waals surface area (Å²) in [5.74, 6) is -0.645. The van der Waals surface area contributed by atoms with Crippen LogP contribution in [0.1, 0.15) is 16.3 Å². The zero-order chi connectivity index (χ0) is 10.8. The van der Waals surface area contributed by atoms with Crippen LogP contribution in [0.5, 0.6) is 0 Å². The Morgan fingerprint density at radius 2 is 2.33 bits per heavy atom. The van der Waals surface area contributed by atoms with Crippen molar-refractivity contribution in [3.05, 3.63) is 35.9 Å². The molecule has 2 aromatic heterocycles. The number of carboxylic acids is 1. The molecular formula is C10H8N2O3. The summed E-state index contributed by atoms with van der Waals surface area (Å²) in [5.41, 5.74) is 0.481. The van der Waals surface area contributed by atoms with Gasteiger partial charge in [-0.25, -0.2) is 9.78 Å². The van der Waals surface area contributed by atoms with Crippen molar-refractivity contribution < 1.29 is 14.7 Å². The normalized spacial score (nSPS) is 10.4. The highest BCUT2D eigenvalue weighted by Crippen LogP contribution is 2.12. The van der Waals surface area contributed by atoms with Crippen molar-refractivity contribution in [3.8, 4) is 0 Å². The fourth-order valence-corrected chi connectivity index (χ4v) is 1.48. The van der Waals surface area contributed by atoms with Gasteiger partial charge in [0, 0.05) is 6.20 Å². The largest absolute Gasteiger partial charge is 0.476 e. The molecule has 5 heteroatoms. The van der Waals surface area contributed by atoms with Gasteiger partial charge in [0.25, 0.3) is 0 Å². The summed E-state index contributed by atoms with van der Waals surface area (Å²) in [5, 5.41) is 8.90. The van der Waals surface area contributed by atoms with Crippen molar-refractivity contribution >= 4 is 17.8 Å². The van der Waals surface area contributed by atoms with Crippen LogP contribution in [0.25, 0.3) is 5.52 Å². The Hall–Kier alpha value is -2.17. The molecule has 2 aromatic rings. The highest BCUT2D eigenvalue weighted by molar-refractivity contribution is 5.93. The third-order valence-corrected chi connectivity index (χ3v) is 2.09. The molecule has 0 atom stereocenters. The number of aldehydes is 1. The van der Waals surface area contributed by atoms with E-state index in [2.05, 4.69) is 4.98 Å². The van der Waals surface area contributed by atoms with E-state index in [0.717, 1.165) is 0 Å². The summed E-state index contributed by atoms with van der Waals surface area (Å²) < 4.78 is 1.61. The lowest BCUT2D eigenvalue weighted by Gasteiger charge is -1.95. The molecule has 5 nitrogen and oxygen atoms in total. The van der Waals surface area contributed by atoms with Crippen molar-refractivity contribution in [2.45, 2.75) is 6.42 Å². The molecule has 0 aromatic carbocycles. The average molecular weight is 204 g/mol. The predicted octanol–water partition coefficient (Wildman–Crippen LogP) is 0.774. The lowest BCUT2D eigenvalue weighted by Crippen LogP contribution is -1.97. The molecule has 0 aliphatic carbocycles. The van der Waals surface area contributed by atoms with Gasteiger partial charge in [0.2, 0.25) is 0 Å². The Balaban J connectivity index is 2.72. The zero-order valence-corrected chi connectivity index (χ0v) is 7.75. The first-order valence-electron chi connectivity index (χ1n) is 4.37. The first-order chi connectivity index (χ1) is 7.24. The highest BCUT2D eigenvalue weighted by atomic mass is 16.4. The second kappa shape index (κ2) is 3.53. The Kier molecular flexibility index (Phi) is 2.21. The van der Waals surface area contributed by atoms with Gasteiger partial charge in [-0.1, -0.05) is 6.07 Å². The summed E-state index contributed by atoms with van der Waals surface area (Å²) in [6, 6.07) is 5.15. The molecule has 0 fully saturated rings. The summed E-state index contributed by atoms with van der Waals surface area (Å²) in [6.07, 6.45) is 2.50. The predicted molar refractivity (Wildman–Crippen MR) is 51.9 cm³/mol. The minimum absolute atomic E-state index is 0.0209. The average Bonchev–Trinajstić information content (AvgIpc) is 2.59. The number of fused-ring (bicyclic) bond motifs is 1. The van der Waals surface area contributed by atoms with E-state index in [0.29, 0.717) is 17.6 Å². The molecule has 0 radical (unpaired) electrons. The van der Waals surface area contributed by atoms with Crippen LogP contribution in [-0.4, -0.2) is 26.7 Å². The molecule has 0 spiro atoms. The van der Waals surface area contributed by atoms with Crippen LogP contribution in [0.4, 0.5) is 0 Å². The number of imidazole rings is 1. The maximum atomic E-state index is 10.9. The summed E-state index contributed by atoms with van der Waals surface area (Å²) in [6.45, 7) is 0. The van der Waals surface area contributed by atoms with Gasteiger partial charge >= 0.3 is 5.97 Å². The molecule has 76 valence electrons. The van der Waals surface area contributed by atoms with Crippen LogP contribution in [0.2, 0.25) is 0 Å². The molecule has 0 aliphatic heterocycles. The number of pyridine rings is 1. The number of carboxylic acid groups (broad SMARTS) is 1. The number of carbonyl (C=O) groups excluding carboxylic acids is 1. The van der Waals surface area contributed by atoms with E-state index in [1.807, 2.05) is 0 Å². The first kappa shape index (κ1) is 9.39. The molecule has 15 heavy (non-hydrogen) atoms. The molecule has 0 unspecified atom stereocenters. The fraction of sp³-hybridized carbons (Fsp3) is 0.100. The maximum Gasteiger partial charge on any atom is 0.356 e. The number of hydrogen-bond acceptors (Lipinski definition) is 3. The van der Waals surface area contributed by atoms with Crippen molar-refractivity contribution in [2.75, 3.05) is 0 Å². The Morgan fingerprint density at radius 3 is 3.00 bits per heavy atom. The Labute approximate surface area is 85.0 Å². The van der Waals surface area contributed by atoms with E-state index in [1.54, 1.807) is 28.8 Å². The third-order valence-electron chi connectivity index (χ3n) is 2.09. The molecular weight excluding hydrogens is 196 g/mol. The molecule has 0 aliphatic rings. The van der Waals surface area contributed by atoms with Gasteiger partial charge in [-0.3, -0.25) is 0 Å². The van der Waals surface area contributed by atoms with Gasteiger partial charge in [0.15, 0.2) is 5.69 Å². The SMILES string of the molecule is O=CCc1nc(C(=O)O)c2ccccn12. The molecule has 2 heterocycles. The topological polar surface area (TPSA) is 71.7 Å². The number of hydrogen-bond donors (Lipinski definition) is 1. The first-order valence-corrected chi connectivity index (χ1v) is 4.37. The van der Waals surface area contributed by atoms with Crippen LogP contribution in [0.15, 0.2) is 24.4 Å². The van der Waals surface area contributed by atoms with Crippen molar-refractivity contribution in [1.29, 1.82) is 0 Å². The standard InChI is InChI=1S/C10H8N2O3/c13-6-4-8-11-9(10(14)15)7-3-1-2-5-12(7)8/h1-3,5-6H,4H2,(H,14,15). The molecule has 0 amide bonds. The molecule has 0 saturated carbocycles. The van der Waals surface area contributed by atoms with Crippen molar-refractivity contribution in [1.82, 2.24) is 9.38 Å². The summed E-state index contributed by atoms with van der Waals surface area (Å²) in [4.78, 5) is 25.2. The van der Waals surface area contributed by atoms with E-state index >= 15 is 0 Å². The molecule has 1 N–H and O–H groups in total. The van der Waals surface area contributed by atoms with Gasteiger partial charge in [-0.15, -0.1) is 0 Å². The minimum Gasteiger partial charge on any atom is -0.476 e. The van der Waals surface area contributed by atoms with Gasteiger partial charge in [-0.2, -0.15) is 0 Å². The second-order valence-electron chi connectivity index (χ2n) is 3.01. The lowest BCUT2D eigenvalue weighted by molar-refractivity contribution is -0.107. The van der Waals surface area contributed by atoms with Gasteiger partial charge in [-0.05, 0) is 12.1 Å². The second-order valence-corrected chi connectivity index (χ2v) is 3.01. The van der Waals surface area contributed by atoms with Crippen LogP contribution in [-0.2, 0) is 11.2 Å². The monoisotopic (exact) mass is 204 g/mol. The van der Waals surface area contributed by atoms with Gasteiger partial charge in [0.05, 0.1) is 11.9 Å². The summed E-state index contributed by atoms with van der Waals surface area (Å²) in [7, 11) is 0. The van der Waals surface area contributed by atoms with Gasteiger partial charge < -0.3 is 14.3 Å². The maximum absolute atomic E-state index is 10.9. The number of carbonyl (C=O) groups is 2. The van der Waals surface area contributed by atoms with Crippen molar-refractivity contribution in [2.24, 2.45) is 0 Å². The zero-order valence-electron chi connectivity index (χ0n) is 7.75. The summed E-state index contributed by atoms with van der Waals surface area (Å²) >= 11 is 0. The van der Waals surface area contributed by atoms with Crippen LogP contribution in [0, 0.1) is 0 Å². The van der Waals surface area contributed by atoms with Crippen LogP contribution < -0.4 is 0 Å². The van der Waals surface area contributed by atoms with Crippen LogP contribution >= 0.6 is 0 Å². The third kappa shape index (κ3) is 1.48. The number of aromatic nitrogens is 2. The molecule has 0 bridgehead atoms. The van der Waals surface area contributed by atoms with E-state index in [1.165, 1.54) is 0 Å². The number of rotatable bonds is 3. The molecule has 2 rings (SSSR count). The Bertz CT molecular complexity index is 530. The molecule has 0 saturated heterocycles. The lowest BCUT2D eigenvalue weighted by atomic mass is 10.3. The smallest absolute Gasteiger partial charge is 0.356 e. The van der Waals surface area contributed by atoms with E-state index in [-0.39, 0.29) is 12.1 Å². The Morgan fingerprint density at radius 1 is 1.53 bits per heavy atom.